The van der Waals surface area contributed by atoms with Gasteiger partial charge in [0.1, 0.15) is 22.3 Å². The van der Waals surface area contributed by atoms with Crippen LogP contribution in [0.25, 0.3) is 10.6 Å². The minimum atomic E-state index is -0.300. The van der Waals surface area contributed by atoms with Crippen molar-refractivity contribution in [1.29, 1.82) is 0 Å². The van der Waals surface area contributed by atoms with E-state index in [0.29, 0.717) is 22.9 Å². The van der Waals surface area contributed by atoms with Crippen molar-refractivity contribution >= 4 is 23.0 Å². The van der Waals surface area contributed by atoms with Crippen molar-refractivity contribution in [2.75, 3.05) is 14.2 Å². The first-order chi connectivity index (χ1) is 14.0. The summed E-state index contributed by atoms with van der Waals surface area (Å²) in [5.41, 5.74) is 5.28. The summed E-state index contributed by atoms with van der Waals surface area (Å²) >= 11 is 1.40. The average molecular weight is 413 g/mol. The van der Waals surface area contributed by atoms with Gasteiger partial charge in [-0.05, 0) is 49.4 Å². The topological polar surface area (TPSA) is 72.8 Å². The smallest absolute Gasteiger partial charge is 0.246 e. The lowest BCUT2D eigenvalue weighted by Crippen LogP contribution is -2.21. The maximum atomic E-state index is 13.0. The standard InChI is InChI=1S/C21H20FN3O3S/c1-13(18-11-17(27-2)8-9-19(18)28-3)24-25-20(26)10-16-12-29-21(23-16)14-4-6-15(22)7-5-14/h4-9,11-12H,10H2,1-3H3,(H,25,26)/b24-13-. The zero-order valence-electron chi connectivity index (χ0n) is 16.2. The van der Waals surface area contributed by atoms with Crippen LogP contribution < -0.4 is 14.9 Å². The first-order valence-corrected chi connectivity index (χ1v) is 9.64. The third-order valence-electron chi connectivity index (χ3n) is 4.13. The normalized spacial score (nSPS) is 11.2. The molecular formula is C21H20FN3O3S. The van der Waals surface area contributed by atoms with Crippen LogP contribution in [-0.4, -0.2) is 30.8 Å². The molecule has 3 aromatic rings. The van der Waals surface area contributed by atoms with Gasteiger partial charge in [-0.25, -0.2) is 14.8 Å². The van der Waals surface area contributed by atoms with Gasteiger partial charge in [-0.15, -0.1) is 11.3 Å². The Morgan fingerprint density at radius 1 is 1.17 bits per heavy atom. The lowest BCUT2D eigenvalue weighted by atomic mass is 10.1. The first-order valence-electron chi connectivity index (χ1n) is 8.76. The van der Waals surface area contributed by atoms with E-state index < -0.39 is 0 Å². The molecule has 0 spiro atoms. The zero-order valence-corrected chi connectivity index (χ0v) is 17.0. The Hall–Kier alpha value is -3.26. The van der Waals surface area contributed by atoms with Gasteiger partial charge in [-0.2, -0.15) is 5.10 Å². The Balaban J connectivity index is 1.66. The third kappa shape index (κ3) is 5.17. The molecule has 0 radical (unpaired) electrons. The van der Waals surface area contributed by atoms with E-state index in [2.05, 4.69) is 15.5 Å². The maximum Gasteiger partial charge on any atom is 0.246 e. The number of amides is 1. The second-order valence-electron chi connectivity index (χ2n) is 6.13. The highest BCUT2D eigenvalue weighted by Gasteiger charge is 2.11. The Labute approximate surface area is 172 Å². The SMILES string of the molecule is COc1ccc(OC)c(/C(C)=N\NC(=O)Cc2csc(-c3ccc(F)cc3)n2)c1. The second-order valence-corrected chi connectivity index (χ2v) is 6.98. The fraction of sp³-hybridized carbons (Fsp3) is 0.190. The molecular weight excluding hydrogens is 393 g/mol. The number of aromatic nitrogens is 1. The molecule has 1 aromatic heterocycles. The van der Waals surface area contributed by atoms with Crippen LogP contribution in [0, 0.1) is 5.82 Å². The van der Waals surface area contributed by atoms with E-state index in [-0.39, 0.29) is 18.1 Å². The molecule has 0 fully saturated rings. The van der Waals surface area contributed by atoms with Crippen molar-refractivity contribution in [2.24, 2.45) is 5.10 Å². The van der Waals surface area contributed by atoms with E-state index >= 15 is 0 Å². The number of benzene rings is 2. The molecule has 0 bridgehead atoms. The van der Waals surface area contributed by atoms with Crippen LogP contribution in [0.3, 0.4) is 0 Å². The highest BCUT2D eigenvalue weighted by Crippen LogP contribution is 2.25. The van der Waals surface area contributed by atoms with E-state index in [1.165, 1.54) is 23.5 Å². The minimum Gasteiger partial charge on any atom is -0.497 e. The maximum absolute atomic E-state index is 13.0. The molecule has 0 atom stereocenters. The van der Waals surface area contributed by atoms with E-state index in [1.54, 1.807) is 56.9 Å². The van der Waals surface area contributed by atoms with Gasteiger partial charge in [0, 0.05) is 16.5 Å². The highest BCUT2D eigenvalue weighted by molar-refractivity contribution is 7.13. The minimum absolute atomic E-state index is 0.0870. The van der Waals surface area contributed by atoms with Crippen LogP contribution in [0.2, 0.25) is 0 Å². The summed E-state index contributed by atoms with van der Waals surface area (Å²) in [6.07, 6.45) is 0.0870. The number of thiazole rings is 1. The molecule has 6 nitrogen and oxygen atoms in total. The number of hydrazone groups is 1. The van der Waals surface area contributed by atoms with E-state index in [0.717, 1.165) is 16.1 Å². The molecule has 0 saturated carbocycles. The van der Waals surface area contributed by atoms with Crippen LogP contribution in [0.1, 0.15) is 18.2 Å². The Kier molecular flexibility index (Phi) is 6.56. The molecule has 3 rings (SSSR count). The lowest BCUT2D eigenvalue weighted by Gasteiger charge is -2.10. The fourth-order valence-electron chi connectivity index (χ4n) is 2.62. The molecule has 1 heterocycles. The van der Waals surface area contributed by atoms with E-state index in [1.807, 2.05) is 0 Å². The second kappa shape index (κ2) is 9.29. The first kappa shape index (κ1) is 20.5. The van der Waals surface area contributed by atoms with Crippen molar-refractivity contribution < 1.29 is 18.7 Å². The monoisotopic (exact) mass is 413 g/mol. The van der Waals surface area contributed by atoms with E-state index in [9.17, 15) is 9.18 Å². The average Bonchev–Trinajstić information content (AvgIpc) is 3.20. The number of carbonyl (C=O) groups is 1. The molecule has 0 aliphatic carbocycles. The number of hydrogen-bond donors (Lipinski definition) is 1. The van der Waals surface area contributed by atoms with Crippen LogP contribution in [0.5, 0.6) is 11.5 Å². The van der Waals surface area contributed by atoms with Crippen LogP contribution in [-0.2, 0) is 11.2 Å². The Morgan fingerprint density at radius 2 is 1.93 bits per heavy atom. The van der Waals surface area contributed by atoms with Gasteiger partial charge < -0.3 is 9.47 Å². The number of halogens is 1. The number of carbonyl (C=O) groups excluding carboxylic acids is 1. The van der Waals surface area contributed by atoms with Gasteiger partial charge in [-0.3, -0.25) is 4.79 Å². The molecule has 0 saturated heterocycles. The van der Waals surface area contributed by atoms with Crippen LogP contribution in [0.15, 0.2) is 52.9 Å². The molecule has 1 N–H and O–H groups in total. The van der Waals surface area contributed by atoms with Gasteiger partial charge in [0.2, 0.25) is 5.91 Å². The Bertz CT molecular complexity index is 1030. The summed E-state index contributed by atoms with van der Waals surface area (Å²) in [6.45, 7) is 1.77. The van der Waals surface area contributed by atoms with Gasteiger partial charge in [0.05, 0.1) is 32.0 Å². The summed E-state index contributed by atoms with van der Waals surface area (Å²) in [6, 6.07) is 11.4. The van der Waals surface area contributed by atoms with Crippen molar-refractivity contribution in [2.45, 2.75) is 13.3 Å². The van der Waals surface area contributed by atoms with E-state index in [4.69, 9.17) is 9.47 Å². The number of nitrogens with one attached hydrogen (secondary N) is 1. The van der Waals surface area contributed by atoms with Gasteiger partial charge in [-0.1, -0.05) is 0 Å². The lowest BCUT2D eigenvalue weighted by molar-refractivity contribution is -0.120. The van der Waals surface area contributed by atoms with Crippen molar-refractivity contribution in [3.63, 3.8) is 0 Å². The van der Waals surface area contributed by atoms with Gasteiger partial charge in [0.15, 0.2) is 0 Å². The predicted molar refractivity (Wildman–Crippen MR) is 111 cm³/mol. The number of nitrogens with zero attached hydrogens (tertiary/aromatic N) is 2. The van der Waals surface area contributed by atoms with Crippen LogP contribution in [0.4, 0.5) is 4.39 Å². The van der Waals surface area contributed by atoms with Gasteiger partial charge >= 0.3 is 0 Å². The summed E-state index contributed by atoms with van der Waals surface area (Å²) < 4.78 is 23.6. The van der Waals surface area contributed by atoms with Crippen molar-refractivity contribution in [1.82, 2.24) is 10.4 Å². The molecule has 29 heavy (non-hydrogen) atoms. The largest absolute Gasteiger partial charge is 0.497 e. The summed E-state index contributed by atoms with van der Waals surface area (Å²) in [4.78, 5) is 16.7. The molecule has 0 aliphatic rings. The number of rotatable bonds is 7. The number of hydrogen-bond acceptors (Lipinski definition) is 6. The summed E-state index contributed by atoms with van der Waals surface area (Å²) in [5, 5.41) is 6.70. The van der Waals surface area contributed by atoms with Crippen LogP contribution >= 0.6 is 11.3 Å². The van der Waals surface area contributed by atoms with Crippen molar-refractivity contribution in [3.05, 3.63) is 64.9 Å². The zero-order chi connectivity index (χ0) is 20.8. The Morgan fingerprint density at radius 3 is 2.62 bits per heavy atom. The number of methoxy groups -OCH3 is 2. The molecule has 1 amide bonds. The summed E-state index contributed by atoms with van der Waals surface area (Å²) in [5.74, 6) is 0.704. The quantitative estimate of drug-likeness (QED) is 0.469. The molecule has 8 heteroatoms. The summed E-state index contributed by atoms with van der Waals surface area (Å²) in [7, 11) is 3.14. The van der Waals surface area contributed by atoms with Gasteiger partial charge in [0.25, 0.3) is 0 Å². The van der Waals surface area contributed by atoms with Crippen molar-refractivity contribution in [3.8, 4) is 22.1 Å². The predicted octanol–water partition coefficient (Wildman–Crippen LogP) is 4.05. The molecule has 2 aromatic carbocycles. The molecule has 0 aliphatic heterocycles. The highest BCUT2D eigenvalue weighted by atomic mass is 32.1. The molecule has 150 valence electrons. The number of ether oxygens (including phenoxy) is 2. The third-order valence-corrected chi connectivity index (χ3v) is 5.07. The molecule has 0 unspecified atom stereocenters. The fourth-order valence-corrected chi connectivity index (χ4v) is 3.45.